The highest BCUT2D eigenvalue weighted by Crippen LogP contribution is 2.14. The van der Waals surface area contributed by atoms with E-state index in [0.29, 0.717) is 0 Å². The molecule has 82 valence electrons. The predicted molar refractivity (Wildman–Crippen MR) is 50.0 cm³/mol. The third-order valence-electron chi connectivity index (χ3n) is 1.33. The van der Waals surface area contributed by atoms with Gasteiger partial charge in [-0.25, -0.2) is 4.79 Å². The molecular formula is C8H8O6S. The molecule has 0 heterocycles. The summed E-state index contributed by atoms with van der Waals surface area (Å²) in [4.78, 5) is 14.9. The molecule has 6 nitrogen and oxygen atoms in total. The molecule has 0 aliphatic rings. The molecule has 0 saturated carbocycles. The molecule has 0 aliphatic heterocycles. The monoisotopic (exact) mass is 232 g/mol. The minimum Gasteiger partial charge on any atom is -0.478 e. The van der Waals surface area contributed by atoms with Crippen molar-refractivity contribution in [2.75, 3.05) is 6.26 Å². The maximum Gasteiger partial charge on any atom is 0.335 e. The summed E-state index contributed by atoms with van der Waals surface area (Å²) in [5, 5.41) is 8.62. The van der Waals surface area contributed by atoms with Gasteiger partial charge in [0, 0.05) is 0 Å². The Bertz CT molecular complexity index is 464. The molecule has 1 rings (SSSR count). The van der Waals surface area contributed by atoms with E-state index in [0.717, 1.165) is 12.3 Å². The van der Waals surface area contributed by atoms with Gasteiger partial charge in [-0.2, -0.15) is 8.42 Å². The molecular weight excluding hydrogens is 224 g/mol. The fourth-order valence-corrected chi connectivity index (χ4v) is 0.984. The van der Waals surface area contributed by atoms with Gasteiger partial charge in [-0.05, 0) is 18.2 Å². The zero-order valence-corrected chi connectivity index (χ0v) is 8.52. The van der Waals surface area contributed by atoms with Gasteiger partial charge in [-0.1, -0.05) is 10.4 Å². The molecule has 0 aromatic heterocycles. The SMILES string of the molecule is CS(=O)(=O)OOc1cccc(C(=O)O)c1. The lowest BCUT2D eigenvalue weighted by Crippen LogP contribution is -2.06. The van der Waals surface area contributed by atoms with E-state index in [1.165, 1.54) is 18.2 Å². The molecule has 0 atom stereocenters. The zero-order chi connectivity index (χ0) is 11.5. The standard InChI is InChI=1S/C8H8O6S/c1-15(11,12)14-13-7-4-2-3-6(5-7)8(9)10/h2-5H,1H3,(H,9,10). The van der Waals surface area contributed by atoms with Gasteiger partial charge in [-0.3, -0.25) is 0 Å². The van der Waals surface area contributed by atoms with Gasteiger partial charge in [-0.15, -0.1) is 0 Å². The van der Waals surface area contributed by atoms with Gasteiger partial charge in [0.1, 0.15) is 0 Å². The number of aromatic carboxylic acids is 1. The Balaban J connectivity index is 2.79. The van der Waals surface area contributed by atoms with E-state index in [4.69, 9.17) is 5.11 Å². The summed E-state index contributed by atoms with van der Waals surface area (Å²) in [7, 11) is -3.73. The molecule has 0 unspecified atom stereocenters. The first-order valence-corrected chi connectivity index (χ1v) is 5.59. The maximum atomic E-state index is 10.6. The average Bonchev–Trinajstić information content (AvgIpc) is 2.14. The van der Waals surface area contributed by atoms with Crippen molar-refractivity contribution in [3.63, 3.8) is 0 Å². The second-order valence-corrected chi connectivity index (χ2v) is 4.23. The van der Waals surface area contributed by atoms with Crippen molar-refractivity contribution in [1.82, 2.24) is 0 Å². The van der Waals surface area contributed by atoms with E-state index < -0.39 is 16.1 Å². The van der Waals surface area contributed by atoms with Gasteiger partial charge >= 0.3 is 5.97 Å². The van der Waals surface area contributed by atoms with Gasteiger partial charge in [0.05, 0.1) is 11.8 Å². The fraction of sp³-hybridized carbons (Fsp3) is 0.125. The first kappa shape index (κ1) is 11.5. The Morgan fingerprint density at radius 1 is 1.40 bits per heavy atom. The Labute approximate surface area is 86.1 Å². The summed E-state index contributed by atoms with van der Waals surface area (Å²) < 4.78 is 25.1. The van der Waals surface area contributed by atoms with Crippen LogP contribution in [-0.2, 0) is 14.5 Å². The van der Waals surface area contributed by atoms with E-state index in [2.05, 4.69) is 9.22 Å². The van der Waals surface area contributed by atoms with Crippen LogP contribution in [0.4, 0.5) is 0 Å². The minimum atomic E-state index is -3.73. The van der Waals surface area contributed by atoms with E-state index in [1.54, 1.807) is 0 Å². The molecule has 0 aliphatic carbocycles. The zero-order valence-electron chi connectivity index (χ0n) is 7.71. The number of carboxylic acid groups (broad SMARTS) is 1. The molecule has 0 radical (unpaired) electrons. The maximum absolute atomic E-state index is 10.6. The normalized spacial score (nSPS) is 11.0. The highest BCUT2D eigenvalue weighted by molar-refractivity contribution is 7.85. The first-order chi connectivity index (χ1) is 6.88. The van der Waals surface area contributed by atoms with Crippen LogP contribution in [-0.4, -0.2) is 25.7 Å². The summed E-state index contributed by atoms with van der Waals surface area (Å²) in [6.45, 7) is 0. The van der Waals surface area contributed by atoms with Crippen molar-refractivity contribution in [3.05, 3.63) is 29.8 Å². The first-order valence-electron chi connectivity index (χ1n) is 3.78. The van der Waals surface area contributed by atoms with E-state index in [-0.39, 0.29) is 11.3 Å². The quantitative estimate of drug-likeness (QED) is 0.605. The molecule has 0 saturated heterocycles. The number of hydrogen-bond acceptors (Lipinski definition) is 5. The largest absolute Gasteiger partial charge is 0.478 e. The lowest BCUT2D eigenvalue weighted by Gasteiger charge is -2.02. The van der Waals surface area contributed by atoms with Crippen LogP contribution in [0.5, 0.6) is 5.75 Å². The minimum absolute atomic E-state index is 0.000301. The van der Waals surface area contributed by atoms with Crippen LogP contribution < -0.4 is 4.89 Å². The van der Waals surface area contributed by atoms with Crippen molar-refractivity contribution in [2.45, 2.75) is 0 Å². The van der Waals surface area contributed by atoms with Crippen LogP contribution in [0.3, 0.4) is 0 Å². The van der Waals surface area contributed by atoms with Gasteiger partial charge in [0.15, 0.2) is 5.75 Å². The summed E-state index contributed by atoms with van der Waals surface area (Å²) in [6.07, 6.45) is 0.814. The predicted octanol–water partition coefficient (Wildman–Crippen LogP) is 0.655. The number of benzene rings is 1. The second kappa shape index (κ2) is 4.28. The Hall–Kier alpha value is -1.60. The number of carboxylic acids is 1. The smallest absolute Gasteiger partial charge is 0.335 e. The van der Waals surface area contributed by atoms with E-state index in [1.807, 2.05) is 0 Å². The highest BCUT2D eigenvalue weighted by atomic mass is 32.2. The number of rotatable bonds is 4. The highest BCUT2D eigenvalue weighted by Gasteiger charge is 2.07. The van der Waals surface area contributed by atoms with Crippen LogP contribution in [0.1, 0.15) is 10.4 Å². The summed E-state index contributed by atoms with van der Waals surface area (Å²) in [5.74, 6) is -1.14. The molecule has 0 amide bonds. The Kier molecular flexibility index (Phi) is 3.28. The molecule has 0 fully saturated rings. The van der Waals surface area contributed by atoms with Crippen molar-refractivity contribution < 1.29 is 27.5 Å². The summed E-state index contributed by atoms with van der Waals surface area (Å²) in [5.41, 5.74) is -0.0235. The van der Waals surface area contributed by atoms with Crippen molar-refractivity contribution in [1.29, 1.82) is 0 Å². The molecule has 15 heavy (non-hydrogen) atoms. The van der Waals surface area contributed by atoms with Gasteiger partial charge in [0.25, 0.3) is 10.1 Å². The molecule has 7 heteroatoms. The topological polar surface area (TPSA) is 89.9 Å². The van der Waals surface area contributed by atoms with E-state index >= 15 is 0 Å². The van der Waals surface area contributed by atoms with Gasteiger partial charge < -0.3 is 9.99 Å². The number of hydrogen-bond donors (Lipinski definition) is 1. The number of carbonyl (C=O) groups is 1. The Morgan fingerprint density at radius 3 is 2.60 bits per heavy atom. The van der Waals surface area contributed by atoms with Crippen molar-refractivity contribution in [2.24, 2.45) is 0 Å². The van der Waals surface area contributed by atoms with Crippen LogP contribution >= 0.6 is 0 Å². The third-order valence-corrected chi connectivity index (χ3v) is 1.65. The molecule has 0 bridgehead atoms. The molecule has 0 spiro atoms. The lowest BCUT2D eigenvalue weighted by molar-refractivity contribution is -0.0916. The van der Waals surface area contributed by atoms with Crippen molar-refractivity contribution >= 4 is 16.1 Å². The third kappa shape index (κ3) is 3.96. The molecule has 1 N–H and O–H groups in total. The summed E-state index contributed by atoms with van der Waals surface area (Å²) >= 11 is 0. The second-order valence-electron chi connectivity index (χ2n) is 2.69. The molecule has 1 aromatic carbocycles. The van der Waals surface area contributed by atoms with Crippen molar-refractivity contribution in [3.8, 4) is 5.75 Å². The average molecular weight is 232 g/mol. The lowest BCUT2D eigenvalue weighted by atomic mass is 10.2. The fourth-order valence-electron chi connectivity index (χ4n) is 0.782. The van der Waals surface area contributed by atoms with Crippen LogP contribution in [0.15, 0.2) is 24.3 Å². The Morgan fingerprint density at radius 2 is 2.07 bits per heavy atom. The van der Waals surface area contributed by atoms with Crippen LogP contribution in [0.25, 0.3) is 0 Å². The molecule has 1 aromatic rings. The summed E-state index contributed by atoms with van der Waals surface area (Å²) in [6, 6.07) is 5.27. The van der Waals surface area contributed by atoms with Gasteiger partial charge in [0.2, 0.25) is 0 Å². The van der Waals surface area contributed by atoms with Crippen LogP contribution in [0, 0.1) is 0 Å². The van der Waals surface area contributed by atoms with Crippen LogP contribution in [0.2, 0.25) is 0 Å². The van der Waals surface area contributed by atoms with E-state index in [9.17, 15) is 13.2 Å².